The van der Waals surface area contributed by atoms with Crippen LogP contribution in [0.15, 0.2) is 65.1 Å². The minimum Gasteiger partial charge on any atom is -0.490 e. The number of nitriles is 1. The predicted octanol–water partition coefficient (Wildman–Crippen LogP) is 7.05. The molecule has 32 heavy (non-hydrogen) atoms. The van der Waals surface area contributed by atoms with Gasteiger partial charge in [0.25, 0.3) is 5.69 Å². The number of nitrogens with zero attached hydrogens (tertiary/aromatic N) is 2. The molecule has 0 N–H and O–H groups in total. The third-order valence-corrected chi connectivity index (χ3v) is 5.29. The Morgan fingerprint density at radius 3 is 2.44 bits per heavy atom. The maximum absolute atomic E-state index is 10.9. The number of rotatable bonds is 8. The van der Waals surface area contributed by atoms with E-state index in [9.17, 15) is 15.4 Å². The number of halogens is 2. The maximum Gasteiger partial charge on any atom is 0.269 e. The fourth-order valence-corrected chi connectivity index (χ4v) is 3.62. The van der Waals surface area contributed by atoms with Gasteiger partial charge in [0.05, 0.1) is 27.6 Å². The van der Waals surface area contributed by atoms with Crippen molar-refractivity contribution in [2.45, 2.75) is 13.5 Å². The number of allylic oxidation sites excluding steroid dienone is 1. The second-order valence-corrected chi connectivity index (χ2v) is 7.94. The summed E-state index contributed by atoms with van der Waals surface area (Å²) in [4.78, 5) is 10.4. The number of hydrogen-bond donors (Lipinski definition) is 0. The van der Waals surface area contributed by atoms with Gasteiger partial charge in [-0.05, 0) is 82.0 Å². The van der Waals surface area contributed by atoms with E-state index in [2.05, 4.69) is 22.0 Å². The Labute approximate surface area is 198 Å². The summed E-state index contributed by atoms with van der Waals surface area (Å²) < 4.78 is 12.4. The molecule has 0 atom stereocenters. The molecule has 0 spiro atoms. The van der Waals surface area contributed by atoms with E-state index in [0.29, 0.717) is 50.9 Å². The summed E-state index contributed by atoms with van der Waals surface area (Å²) in [6.07, 6.45) is 1.69. The van der Waals surface area contributed by atoms with Gasteiger partial charge < -0.3 is 9.47 Å². The average Bonchev–Trinajstić information content (AvgIpc) is 2.78. The van der Waals surface area contributed by atoms with Gasteiger partial charge in [-0.15, -0.1) is 0 Å². The van der Waals surface area contributed by atoms with Crippen molar-refractivity contribution in [3.63, 3.8) is 0 Å². The Morgan fingerprint density at radius 1 is 1.16 bits per heavy atom. The lowest BCUT2D eigenvalue weighted by atomic mass is 10.0. The molecule has 0 amide bonds. The highest BCUT2D eigenvalue weighted by Gasteiger charge is 2.13. The molecule has 0 fully saturated rings. The van der Waals surface area contributed by atoms with Gasteiger partial charge in [-0.1, -0.05) is 23.7 Å². The van der Waals surface area contributed by atoms with Crippen LogP contribution in [0.5, 0.6) is 11.5 Å². The predicted molar refractivity (Wildman–Crippen MR) is 128 cm³/mol. The van der Waals surface area contributed by atoms with Crippen LogP contribution in [-0.4, -0.2) is 11.5 Å². The van der Waals surface area contributed by atoms with Gasteiger partial charge in [-0.3, -0.25) is 10.1 Å². The standard InChI is InChI=1S/C24H18BrClN2O4/c1-2-31-23-13-17(11-19(14-27)18-5-9-21(10-6-18)28(29)30)12-22(25)24(23)32-15-16-3-7-20(26)8-4-16/h3-13H,2,15H2,1H3. The maximum atomic E-state index is 10.9. The van der Waals surface area contributed by atoms with E-state index in [1.165, 1.54) is 12.1 Å². The molecular formula is C24H18BrClN2O4. The highest BCUT2D eigenvalue weighted by atomic mass is 79.9. The summed E-state index contributed by atoms with van der Waals surface area (Å²) in [5.74, 6) is 1.08. The topological polar surface area (TPSA) is 85.4 Å². The molecule has 0 heterocycles. The molecule has 0 aliphatic carbocycles. The summed E-state index contributed by atoms with van der Waals surface area (Å²) in [6.45, 7) is 2.64. The van der Waals surface area contributed by atoms with Gasteiger partial charge in [0.2, 0.25) is 0 Å². The van der Waals surface area contributed by atoms with Crippen LogP contribution in [0.2, 0.25) is 5.02 Å². The monoisotopic (exact) mass is 512 g/mol. The molecule has 0 aliphatic rings. The first-order valence-electron chi connectivity index (χ1n) is 9.61. The van der Waals surface area contributed by atoms with E-state index in [4.69, 9.17) is 21.1 Å². The summed E-state index contributed by atoms with van der Waals surface area (Å²) in [5.41, 5.74) is 2.58. The summed E-state index contributed by atoms with van der Waals surface area (Å²) >= 11 is 9.46. The number of nitro groups is 1. The quantitative estimate of drug-likeness (QED) is 0.139. The lowest BCUT2D eigenvalue weighted by molar-refractivity contribution is -0.384. The molecule has 162 valence electrons. The molecule has 0 aromatic heterocycles. The Morgan fingerprint density at radius 2 is 1.84 bits per heavy atom. The van der Waals surface area contributed by atoms with Gasteiger partial charge in [-0.2, -0.15) is 5.26 Å². The first kappa shape index (κ1) is 23.3. The zero-order valence-corrected chi connectivity index (χ0v) is 19.4. The Kier molecular flexibility index (Phi) is 7.87. The summed E-state index contributed by atoms with van der Waals surface area (Å²) in [5, 5.41) is 21.1. The molecule has 3 aromatic carbocycles. The van der Waals surface area contributed by atoms with E-state index in [-0.39, 0.29) is 5.69 Å². The van der Waals surface area contributed by atoms with Crippen LogP contribution in [-0.2, 0) is 6.61 Å². The molecule has 3 rings (SSSR count). The Bertz CT molecular complexity index is 1190. The molecule has 0 bridgehead atoms. The van der Waals surface area contributed by atoms with E-state index in [0.717, 1.165) is 5.56 Å². The second-order valence-electron chi connectivity index (χ2n) is 6.65. The van der Waals surface area contributed by atoms with Crippen molar-refractivity contribution >= 4 is 44.9 Å². The van der Waals surface area contributed by atoms with E-state index in [1.807, 2.05) is 25.1 Å². The highest BCUT2D eigenvalue weighted by molar-refractivity contribution is 9.10. The fourth-order valence-electron chi connectivity index (χ4n) is 2.92. The summed E-state index contributed by atoms with van der Waals surface area (Å²) in [6, 6.07) is 19.0. The van der Waals surface area contributed by atoms with Gasteiger partial charge in [-0.25, -0.2) is 0 Å². The zero-order chi connectivity index (χ0) is 23.1. The average molecular weight is 514 g/mol. The molecule has 6 nitrogen and oxygen atoms in total. The van der Waals surface area contributed by atoms with Crippen molar-refractivity contribution in [1.82, 2.24) is 0 Å². The lowest BCUT2D eigenvalue weighted by Crippen LogP contribution is -2.01. The van der Waals surface area contributed by atoms with Gasteiger partial charge >= 0.3 is 0 Å². The fraction of sp³-hybridized carbons (Fsp3) is 0.125. The minimum absolute atomic E-state index is 0.0328. The number of hydrogen-bond acceptors (Lipinski definition) is 5. The molecule has 0 aliphatic heterocycles. The van der Waals surface area contributed by atoms with Crippen LogP contribution in [0.25, 0.3) is 11.6 Å². The van der Waals surface area contributed by atoms with Gasteiger partial charge in [0, 0.05) is 17.2 Å². The Balaban J connectivity index is 1.90. The SMILES string of the molecule is CCOc1cc(C=C(C#N)c2ccc([N+](=O)[O-])cc2)cc(Br)c1OCc1ccc(Cl)cc1. The van der Waals surface area contributed by atoms with Crippen molar-refractivity contribution in [2.24, 2.45) is 0 Å². The third kappa shape index (κ3) is 5.88. The smallest absolute Gasteiger partial charge is 0.269 e. The van der Waals surface area contributed by atoms with E-state index < -0.39 is 4.92 Å². The van der Waals surface area contributed by atoms with E-state index >= 15 is 0 Å². The lowest BCUT2D eigenvalue weighted by Gasteiger charge is -2.15. The molecular weight excluding hydrogens is 496 g/mol. The van der Waals surface area contributed by atoms with Crippen molar-refractivity contribution < 1.29 is 14.4 Å². The summed E-state index contributed by atoms with van der Waals surface area (Å²) in [7, 11) is 0. The normalized spacial score (nSPS) is 11.0. The zero-order valence-electron chi connectivity index (χ0n) is 17.0. The van der Waals surface area contributed by atoms with Gasteiger partial charge in [0.1, 0.15) is 6.61 Å². The number of benzene rings is 3. The Hall–Kier alpha value is -3.34. The minimum atomic E-state index is -0.478. The molecule has 0 saturated carbocycles. The van der Waals surface area contributed by atoms with Gasteiger partial charge in [0.15, 0.2) is 11.5 Å². The highest BCUT2D eigenvalue weighted by Crippen LogP contribution is 2.38. The van der Waals surface area contributed by atoms with Crippen LogP contribution in [0.3, 0.4) is 0 Å². The van der Waals surface area contributed by atoms with Crippen molar-refractivity contribution in [3.8, 4) is 17.6 Å². The molecule has 3 aromatic rings. The third-order valence-electron chi connectivity index (χ3n) is 4.45. The van der Waals surface area contributed by atoms with Crippen LogP contribution in [0, 0.1) is 21.4 Å². The molecule has 8 heteroatoms. The van der Waals surface area contributed by atoms with Crippen molar-refractivity contribution in [1.29, 1.82) is 5.26 Å². The number of nitro benzene ring substituents is 1. The molecule has 0 saturated heterocycles. The van der Waals surface area contributed by atoms with Crippen molar-refractivity contribution in [3.05, 3.63) is 97.0 Å². The first-order valence-corrected chi connectivity index (χ1v) is 10.8. The van der Waals surface area contributed by atoms with Crippen LogP contribution in [0.1, 0.15) is 23.6 Å². The molecule has 0 unspecified atom stereocenters. The van der Waals surface area contributed by atoms with Crippen molar-refractivity contribution in [2.75, 3.05) is 6.61 Å². The van der Waals surface area contributed by atoms with Crippen LogP contribution < -0.4 is 9.47 Å². The van der Waals surface area contributed by atoms with E-state index in [1.54, 1.807) is 36.4 Å². The first-order chi connectivity index (χ1) is 15.4. The molecule has 0 radical (unpaired) electrons. The second kappa shape index (κ2) is 10.8. The number of ether oxygens (including phenoxy) is 2. The van der Waals surface area contributed by atoms with Crippen LogP contribution in [0.4, 0.5) is 5.69 Å². The van der Waals surface area contributed by atoms with Crippen LogP contribution >= 0.6 is 27.5 Å². The number of non-ortho nitro benzene ring substituents is 1. The largest absolute Gasteiger partial charge is 0.490 e.